The second-order valence-corrected chi connectivity index (χ2v) is 9.64. The van der Waals surface area contributed by atoms with Crippen LogP contribution in [0.1, 0.15) is 53.5 Å². The lowest BCUT2D eigenvalue weighted by Gasteiger charge is -2.25. The first-order chi connectivity index (χ1) is 15.5. The number of nitrogens with zero attached hydrogens (tertiary/aromatic N) is 1. The second kappa shape index (κ2) is 10.1. The van der Waals surface area contributed by atoms with Crippen LogP contribution >= 0.6 is 0 Å². The molecule has 0 fully saturated rings. The highest BCUT2D eigenvalue weighted by atomic mass is 16.6. The number of hydrogen-bond donors (Lipinski definition) is 2. The smallest absolute Gasteiger partial charge is 0.407 e. The van der Waals surface area contributed by atoms with E-state index in [-0.39, 0.29) is 11.9 Å². The molecular formula is C25H33N3O5. The predicted octanol–water partition coefficient (Wildman–Crippen LogP) is 4.92. The predicted molar refractivity (Wildman–Crippen MR) is 126 cm³/mol. The van der Waals surface area contributed by atoms with Crippen LogP contribution in [-0.4, -0.2) is 35.2 Å². The molecule has 178 valence electrons. The van der Waals surface area contributed by atoms with Crippen LogP contribution in [0, 0.1) is 5.92 Å². The minimum absolute atomic E-state index is 0.172. The Labute approximate surface area is 195 Å². The molecule has 0 aliphatic carbocycles. The van der Waals surface area contributed by atoms with E-state index in [9.17, 15) is 9.59 Å². The summed E-state index contributed by atoms with van der Waals surface area (Å²) in [5.41, 5.74) is 2.26. The summed E-state index contributed by atoms with van der Waals surface area (Å²) in [5, 5.41) is 5.63. The van der Waals surface area contributed by atoms with Crippen LogP contribution in [0.2, 0.25) is 0 Å². The number of carbonyl (C=O) groups is 2. The van der Waals surface area contributed by atoms with Gasteiger partial charge in [-0.25, -0.2) is 9.78 Å². The van der Waals surface area contributed by atoms with Gasteiger partial charge in [0.25, 0.3) is 0 Å². The van der Waals surface area contributed by atoms with Crippen molar-refractivity contribution in [3.63, 3.8) is 0 Å². The van der Waals surface area contributed by atoms with Crippen molar-refractivity contribution in [3.05, 3.63) is 36.0 Å². The van der Waals surface area contributed by atoms with Crippen LogP contribution in [0.4, 0.5) is 10.6 Å². The fraction of sp³-hybridized carbons (Fsp3) is 0.480. The van der Waals surface area contributed by atoms with Crippen LogP contribution in [0.25, 0.3) is 11.1 Å². The van der Waals surface area contributed by atoms with Gasteiger partial charge in [-0.3, -0.25) is 4.79 Å². The topological polar surface area (TPSA) is 98.8 Å². The number of pyridine rings is 1. The van der Waals surface area contributed by atoms with Gasteiger partial charge in [-0.2, -0.15) is 0 Å². The van der Waals surface area contributed by atoms with Crippen molar-refractivity contribution in [2.45, 2.75) is 66.2 Å². The minimum atomic E-state index is -0.561. The van der Waals surface area contributed by atoms with E-state index >= 15 is 0 Å². The maximum atomic E-state index is 12.2. The number of carbonyl (C=O) groups excluding carboxylic acids is 2. The van der Waals surface area contributed by atoms with Crippen LogP contribution < -0.4 is 20.1 Å². The normalized spacial score (nSPS) is 13.3. The first kappa shape index (κ1) is 24.4. The molecule has 0 radical (unpaired) electrons. The SMILES string of the molecule is CC(=O)Nc1cc2c(cn1)COc1cc(OC[C@@H](CC(C)C)NC(=O)OC(C)(C)C)ccc1-2. The molecule has 2 aromatic rings. The van der Waals surface area contributed by atoms with Crippen molar-refractivity contribution in [2.24, 2.45) is 5.92 Å². The first-order valence-corrected chi connectivity index (χ1v) is 11.2. The van der Waals surface area contributed by atoms with Crippen molar-refractivity contribution >= 4 is 17.8 Å². The second-order valence-electron chi connectivity index (χ2n) is 9.64. The maximum absolute atomic E-state index is 12.2. The zero-order valence-corrected chi connectivity index (χ0v) is 20.2. The molecule has 33 heavy (non-hydrogen) atoms. The first-order valence-electron chi connectivity index (χ1n) is 11.2. The van der Waals surface area contributed by atoms with Crippen molar-refractivity contribution in [1.82, 2.24) is 10.3 Å². The van der Waals surface area contributed by atoms with Gasteiger partial charge in [0.2, 0.25) is 5.91 Å². The number of ether oxygens (including phenoxy) is 3. The fourth-order valence-corrected chi connectivity index (χ4v) is 3.60. The number of aromatic nitrogens is 1. The van der Waals surface area contributed by atoms with E-state index in [1.54, 1.807) is 6.20 Å². The summed E-state index contributed by atoms with van der Waals surface area (Å²) >= 11 is 0. The Bertz CT molecular complexity index is 1010. The number of benzene rings is 1. The molecule has 1 atom stereocenters. The highest BCUT2D eigenvalue weighted by Crippen LogP contribution is 2.40. The Balaban J connectivity index is 1.71. The summed E-state index contributed by atoms with van der Waals surface area (Å²) in [4.78, 5) is 27.9. The summed E-state index contributed by atoms with van der Waals surface area (Å²) in [7, 11) is 0. The maximum Gasteiger partial charge on any atom is 0.407 e. The zero-order valence-electron chi connectivity index (χ0n) is 20.2. The van der Waals surface area contributed by atoms with Gasteiger partial charge in [0.05, 0.1) is 6.04 Å². The van der Waals surface area contributed by atoms with Crippen molar-refractivity contribution in [1.29, 1.82) is 0 Å². The number of fused-ring (bicyclic) bond motifs is 3. The third-order valence-corrected chi connectivity index (χ3v) is 4.84. The van der Waals surface area contributed by atoms with Gasteiger partial charge in [-0.1, -0.05) is 13.8 Å². The molecule has 1 aromatic carbocycles. The molecule has 0 unspecified atom stereocenters. The molecule has 2 N–H and O–H groups in total. The average molecular weight is 456 g/mol. The van der Waals surface area contributed by atoms with Gasteiger partial charge in [0.1, 0.15) is 36.1 Å². The quantitative estimate of drug-likeness (QED) is 0.615. The molecule has 0 saturated carbocycles. The number of amides is 2. The monoisotopic (exact) mass is 455 g/mol. The average Bonchev–Trinajstić information content (AvgIpc) is 2.69. The lowest BCUT2D eigenvalue weighted by molar-refractivity contribution is -0.114. The molecule has 1 aliphatic rings. The van der Waals surface area contributed by atoms with Crippen molar-refractivity contribution in [3.8, 4) is 22.6 Å². The van der Waals surface area contributed by atoms with Crippen LogP contribution in [-0.2, 0) is 16.1 Å². The molecule has 8 nitrogen and oxygen atoms in total. The van der Waals surface area contributed by atoms with Gasteiger partial charge < -0.3 is 24.8 Å². The van der Waals surface area contributed by atoms with E-state index in [1.807, 2.05) is 45.0 Å². The molecule has 2 heterocycles. The third kappa shape index (κ3) is 7.10. The van der Waals surface area contributed by atoms with E-state index in [2.05, 4.69) is 29.5 Å². The summed E-state index contributed by atoms with van der Waals surface area (Å²) in [6.45, 7) is 11.8. The Kier molecular flexibility index (Phi) is 7.46. The molecule has 1 aromatic heterocycles. The van der Waals surface area contributed by atoms with E-state index in [1.165, 1.54) is 6.92 Å². The van der Waals surface area contributed by atoms with E-state index in [0.29, 0.717) is 36.4 Å². The van der Waals surface area contributed by atoms with Crippen molar-refractivity contribution < 1.29 is 23.8 Å². The van der Waals surface area contributed by atoms with E-state index < -0.39 is 11.7 Å². The molecule has 3 rings (SSSR count). The third-order valence-electron chi connectivity index (χ3n) is 4.84. The Hall–Kier alpha value is -3.29. The molecule has 0 bridgehead atoms. The molecular weight excluding hydrogens is 422 g/mol. The zero-order chi connectivity index (χ0) is 24.2. The minimum Gasteiger partial charge on any atom is -0.491 e. The van der Waals surface area contributed by atoms with Gasteiger partial charge in [0, 0.05) is 30.3 Å². The number of nitrogens with one attached hydrogen (secondary N) is 2. The van der Waals surface area contributed by atoms with E-state index in [4.69, 9.17) is 14.2 Å². The van der Waals surface area contributed by atoms with Gasteiger partial charge >= 0.3 is 6.09 Å². The summed E-state index contributed by atoms with van der Waals surface area (Å²) in [6, 6.07) is 7.30. The molecule has 8 heteroatoms. The largest absolute Gasteiger partial charge is 0.491 e. The molecule has 2 amide bonds. The molecule has 0 saturated heterocycles. The molecule has 0 spiro atoms. The van der Waals surface area contributed by atoms with Gasteiger partial charge in [0.15, 0.2) is 0 Å². The van der Waals surface area contributed by atoms with E-state index in [0.717, 1.165) is 23.1 Å². The number of anilines is 1. The number of rotatable bonds is 7. The molecule has 1 aliphatic heterocycles. The number of alkyl carbamates (subject to hydrolysis) is 1. The Morgan fingerprint density at radius 1 is 1.18 bits per heavy atom. The highest BCUT2D eigenvalue weighted by molar-refractivity contribution is 5.89. The van der Waals surface area contributed by atoms with Crippen LogP contribution in [0.15, 0.2) is 30.5 Å². The summed E-state index contributed by atoms with van der Waals surface area (Å²) in [6.07, 6.45) is 2.02. The van der Waals surface area contributed by atoms with Crippen molar-refractivity contribution in [2.75, 3.05) is 11.9 Å². The van der Waals surface area contributed by atoms with Crippen LogP contribution in [0.3, 0.4) is 0 Å². The summed E-state index contributed by atoms with van der Waals surface area (Å²) in [5.74, 6) is 2.05. The highest BCUT2D eigenvalue weighted by Gasteiger charge is 2.22. The summed E-state index contributed by atoms with van der Waals surface area (Å²) < 4.78 is 17.3. The Morgan fingerprint density at radius 3 is 2.61 bits per heavy atom. The Morgan fingerprint density at radius 2 is 1.94 bits per heavy atom. The lowest BCUT2D eigenvalue weighted by atomic mass is 9.98. The lowest BCUT2D eigenvalue weighted by Crippen LogP contribution is -2.42. The fourth-order valence-electron chi connectivity index (χ4n) is 3.60. The van der Waals surface area contributed by atoms with Crippen LogP contribution in [0.5, 0.6) is 11.5 Å². The van der Waals surface area contributed by atoms with Gasteiger partial charge in [-0.15, -0.1) is 0 Å². The standard InChI is InChI=1S/C25H33N3O5/c1-15(2)9-18(28-24(30)33-25(4,5)6)14-31-19-7-8-20-21-11-23(27-16(3)29)26-12-17(21)13-32-22(20)10-19/h7-8,10-12,15,18H,9,13-14H2,1-6H3,(H,28,30)(H,26,27,29)/t18-/m1/s1. The number of hydrogen-bond acceptors (Lipinski definition) is 6. The van der Waals surface area contributed by atoms with Gasteiger partial charge in [-0.05, 0) is 56.9 Å².